The minimum Gasteiger partial charge on any atom is -0.333 e. The van der Waals surface area contributed by atoms with Gasteiger partial charge in [0.25, 0.3) is 0 Å². The molecular weight excluding hydrogens is 338 g/mol. The topological polar surface area (TPSA) is 52.7 Å². The number of hydrogen-bond donors (Lipinski definition) is 1. The number of anilines is 1. The van der Waals surface area contributed by atoms with E-state index in [-0.39, 0.29) is 29.2 Å². The molecule has 1 aromatic rings. The summed E-state index contributed by atoms with van der Waals surface area (Å²) in [6.07, 6.45) is 3.78. The molecule has 1 N–H and O–H groups in total. The van der Waals surface area contributed by atoms with Gasteiger partial charge in [0.1, 0.15) is 6.04 Å². The van der Waals surface area contributed by atoms with Crippen LogP contribution in [0.4, 0.5) is 5.69 Å². The standard InChI is InChI=1S/C19H24ClN3O2/c1-22(17(24)13-12-19(13)7-9-21-10-8-19)16-6-11-23(18(16)25)15-5-3-2-4-14(15)20/h2-5,13,16,21H,6-12H2,1H3/t13-,16-/m1/s1. The number of carbonyl (C=O) groups excluding carboxylic acids is 2. The van der Waals surface area contributed by atoms with Crippen molar-refractivity contribution in [3.8, 4) is 0 Å². The van der Waals surface area contributed by atoms with Crippen LogP contribution in [0.2, 0.25) is 5.02 Å². The summed E-state index contributed by atoms with van der Waals surface area (Å²) >= 11 is 6.24. The van der Waals surface area contributed by atoms with Gasteiger partial charge in [0.2, 0.25) is 11.8 Å². The maximum atomic E-state index is 12.9. The van der Waals surface area contributed by atoms with E-state index in [1.165, 1.54) is 0 Å². The van der Waals surface area contributed by atoms with Gasteiger partial charge in [-0.3, -0.25) is 9.59 Å². The van der Waals surface area contributed by atoms with Crippen molar-refractivity contribution in [3.05, 3.63) is 29.3 Å². The zero-order chi connectivity index (χ0) is 17.6. The Balaban J connectivity index is 1.45. The van der Waals surface area contributed by atoms with Crippen LogP contribution in [0, 0.1) is 11.3 Å². The number of nitrogens with zero attached hydrogens (tertiary/aromatic N) is 2. The van der Waals surface area contributed by atoms with Gasteiger partial charge in [0.05, 0.1) is 10.7 Å². The lowest BCUT2D eigenvalue weighted by Crippen LogP contribution is -2.44. The van der Waals surface area contributed by atoms with Crippen molar-refractivity contribution in [2.75, 3.05) is 31.6 Å². The van der Waals surface area contributed by atoms with Crippen molar-refractivity contribution < 1.29 is 9.59 Å². The number of amides is 2. The summed E-state index contributed by atoms with van der Waals surface area (Å²) in [6, 6.07) is 7.00. The van der Waals surface area contributed by atoms with Gasteiger partial charge in [-0.1, -0.05) is 23.7 Å². The fourth-order valence-electron chi connectivity index (χ4n) is 4.51. The monoisotopic (exact) mass is 361 g/mol. The summed E-state index contributed by atoms with van der Waals surface area (Å²) in [7, 11) is 1.79. The van der Waals surface area contributed by atoms with Crippen LogP contribution in [0.25, 0.3) is 0 Å². The van der Waals surface area contributed by atoms with Crippen LogP contribution in [-0.2, 0) is 9.59 Å². The third-order valence-corrected chi connectivity index (χ3v) is 6.54. The highest BCUT2D eigenvalue weighted by Crippen LogP contribution is 2.59. The van der Waals surface area contributed by atoms with E-state index in [0.717, 1.165) is 38.0 Å². The molecule has 3 aliphatic rings. The Morgan fingerprint density at radius 3 is 2.76 bits per heavy atom. The second-order valence-electron chi connectivity index (χ2n) is 7.56. The number of carbonyl (C=O) groups is 2. The zero-order valence-corrected chi connectivity index (χ0v) is 15.3. The van der Waals surface area contributed by atoms with E-state index in [4.69, 9.17) is 11.6 Å². The number of rotatable bonds is 3. The number of halogens is 1. The molecule has 2 heterocycles. The van der Waals surface area contributed by atoms with E-state index < -0.39 is 0 Å². The fraction of sp³-hybridized carbons (Fsp3) is 0.579. The highest BCUT2D eigenvalue weighted by molar-refractivity contribution is 6.34. The van der Waals surface area contributed by atoms with E-state index in [1.54, 1.807) is 22.9 Å². The summed E-state index contributed by atoms with van der Waals surface area (Å²) in [6.45, 7) is 2.59. The first-order valence-electron chi connectivity index (χ1n) is 9.07. The second-order valence-corrected chi connectivity index (χ2v) is 7.97. The molecule has 5 nitrogen and oxygen atoms in total. The van der Waals surface area contributed by atoms with Crippen LogP contribution in [0.1, 0.15) is 25.7 Å². The fourth-order valence-corrected chi connectivity index (χ4v) is 4.75. The summed E-state index contributed by atoms with van der Waals surface area (Å²) in [5.74, 6) is 0.215. The van der Waals surface area contributed by atoms with Gasteiger partial charge in [-0.25, -0.2) is 0 Å². The Bertz CT molecular complexity index is 702. The number of para-hydroxylation sites is 1. The molecule has 2 amide bonds. The van der Waals surface area contributed by atoms with Crippen molar-refractivity contribution in [1.82, 2.24) is 10.2 Å². The summed E-state index contributed by atoms with van der Waals surface area (Å²) in [5, 5.41) is 3.93. The van der Waals surface area contributed by atoms with Crippen molar-refractivity contribution in [2.45, 2.75) is 31.7 Å². The number of benzene rings is 1. The first kappa shape index (κ1) is 16.9. The van der Waals surface area contributed by atoms with E-state index in [0.29, 0.717) is 18.0 Å². The van der Waals surface area contributed by atoms with Crippen LogP contribution < -0.4 is 10.2 Å². The van der Waals surface area contributed by atoms with Crippen molar-refractivity contribution in [1.29, 1.82) is 0 Å². The molecule has 0 aromatic heterocycles. The van der Waals surface area contributed by atoms with Crippen LogP contribution >= 0.6 is 11.6 Å². The minimum absolute atomic E-state index is 0.0241. The van der Waals surface area contributed by atoms with E-state index in [2.05, 4.69) is 5.32 Å². The molecule has 2 atom stereocenters. The van der Waals surface area contributed by atoms with Crippen molar-refractivity contribution in [3.63, 3.8) is 0 Å². The molecule has 134 valence electrons. The van der Waals surface area contributed by atoms with E-state index >= 15 is 0 Å². The highest BCUT2D eigenvalue weighted by Gasteiger charge is 2.59. The molecule has 0 unspecified atom stereocenters. The lowest BCUT2D eigenvalue weighted by atomic mass is 9.91. The smallest absolute Gasteiger partial charge is 0.249 e. The molecule has 1 aromatic carbocycles. The molecule has 2 aliphatic heterocycles. The van der Waals surface area contributed by atoms with E-state index in [9.17, 15) is 9.59 Å². The molecule has 0 bridgehead atoms. The maximum Gasteiger partial charge on any atom is 0.249 e. The van der Waals surface area contributed by atoms with Crippen molar-refractivity contribution >= 4 is 29.1 Å². The maximum absolute atomic E-state index is 12.9. The van der Waals surface area contributed by atoms with Crippen LogP contribution in [0.5, 0.6) is 0 Å². The van der Waals surface area contributed by atoms with Gasteiger partial charge in [0.15, 0.2) is 0 Å². The highest BCUT2D eigenvalue weighted by atomic mass is 35.5. The predicted molar refractivity (Wildman–Crippen MR) is 97.6 cm³/mol. The number of likely N-dealkylation sites (N-methyl/N-ethyl adjacent to an activating group) is 1. The molecule has 25 heavy (non-hydrogen) atoms. The Hall–Kier alpha value is -1.59. The normalized spacial score (nSPS) is 27.6. The Labute approximate surface area is 153 Å². The Morgan fingerprint density at radius 2 is 2.04 bits per heavy atom. The van der Waals surface area contributed by atoms with Gasteiger partial charge in [-0.2, -0.15) is 0 Å². The summed E-state index contributed by atoms with van der Waals surface area (Å²) < 4.78 is 0. The molecule has 1 spiro atoms. The van der Waals surface area contributed by atoms with Gasteiger partial charge in [0, 0.05) is 19.5 Å². The average molecular weight is 362 g/mol. The van der Waals surface area contributed by atoms with Crippen molar-refractivity contribution in [2.24, 2.45) is 11.3 Å². The summed E-state index contributed by atoms with van der Waals surface area (Å²) in [5.41, 5.74) is 0.930. The first-order chi connectivity index (χ1) is 12.0. The zero-order valence-electron chi connectivity index (χ0n) is 14.5. The van der Waals surface area contributed by atoms with Gasteiger partial charge in [-0.15, -0.1) is 0 Å². The Kier molecular flexibility index (Phi) is 4.24. The summed E-state index contributed by atoms with van der Waals surface area (Å²) in [4.78, 5) is 29.2. The quantitative estimate of drug-likeness (QED) is 0.898. The predicted octanol–water partition coefficient (Wildman–Crippen LogP) is 2.29. The lowest BCUT2D eigenvalue weighted by Gasteiger charge is -2.27. The van der Waals surface area contributed by atoms with Gasteiger partial charge < -0.3 is 15.1 Å². The lowest BCUT2D eigenvalue weighted by molar-refractivity contribution is -0.138. The SMILES string of the molecule is CN(C(=O)[C@H]1CC12CCNCC2)[C@@H]1CCN(c2ccccc2Cl)C1=O. The van der Waals surface area contributed by atoms with E-state index in [1.807, 2.05) is 18.2 Å². The number of hydrogen-bond acceptors (Lipinski definition) is 3. The first-order valence-corrected chi connectivity index (χ1v) is 9.45. The third kappa shape index (κ3) is 2.83. The Morgan fingerprint density at radius 1 is 1.32 bits per heavy atom. The minimum atomic E-state index is -0.372. The molecule has 3 fully saturated rings. The molecular formula is C19H24ClN3O2. The molecule has 1 saturated carbocycles. The van der Waals surface area contributed by atoms with Gasteiger partial charge >= 0.3 is 0 Å². The largest absolute Gasteiger partial charge is 0.333 e. The van der Waals surface area contributed by atoms with Gasteiger partial charge in [-0.05, 0) is 56.3 Å². The molecule has 2 saturated heterocycles. The number of nitrogens with one attached hydrogen (secondary N) is 1. The molecule has 0 radical (unpaired) electrons. The third-order valence-electron chi connectivity index (χ3n) is 6.22. The second kappa shape index (κ2) is 6.29. The van der Waals surface area contributed by atoms with Crippen LogP contribution in [0.3, 0.4) is 0 Å². The number of piperidine rings is 1. The average Bonchev–Trinajstić information content (AvgIpc) is 3.17. The molecule has 6 heteroatoms. The molecule has 4 rings (SSSR count). The van der Waals surface area contributed by atoms with Crippen LogP contribution in [0.15, 0.2) is 24.3 Å². The van der Waals surface area contributed by atoms with Crippen LogP contribution in [-0.4, -0.2) is 49.4 Å². The molecule has 1 aliphatic carbocycles.